The van der Waals surface area contributed by atoms with Gasteiger partial charge in [0.15, 0.2) is 5.65 Å². The van der Waals surface area contributed by atoms with Crippen LogP contribution < -0.4 is 9.62 Å². The maximum atomic E-state index is 13.6. The molecule has 2 fully saturated rings. The summed E-state index contributed by atoms with van der Waals surface area (Å²) in [6.45, 7) is 2.99. The molecule has 2 aromatic carbocycles. The van der Waals surface area contributed by atoms with E-state index < -0.39 is 15.9 Å². The van der Waals surface area contributed by atoms with Gasteiger partial charge in [-0.1, -0.05) is 55.0 Å². The van der Waals surface area contributed by atoms with Gasteiger partial charge in [0.2, 0.25) is 10.0 Å². The van der Waals surface area contributed by atoms with Crippen molar-refractivity contribution in [3.05, 3.63) is 83.7 Å². The molecule has 3 heterocycles. The number of hydrogen-bond acceptors (Lipinski definition) is 8. The topological polar surface area (TPSA) is 116 Å². The van der Waals surface area contributed by atoms with Crippen LogP contribution in [0.4, 0.5) is 5.69 Å². The Bertz CT molecular complexity index is 1700. The van der Waals surface area contributed by atoms with Crippen LogP contribution in [0.25, 0.3) is 16.7 Å². The quantitative estimate of drug-likeness (QED) is 0.200. The number of ether oxygens (including phenoxy) is 2. The van der Waals surface area contributed by atoms with E-state index in [4.69, 9.17) is 19.6 Å². The molecule has 1 N–H and O–H groups in total. The standard InChI is InChI=1S/C34H41N5O5S/c1-43-23-26-16-18-38(19-17-26)30-22-29(34(40)37-45(41,42)21-9-20-44-24-25-10-4-2-5-11-25)35-33-31(30)32(27-12-8-13-27)36-39(33)28-14-6-3-7-15-28/h2-7,10-11,14-15,22,26-27H,8-9,12-13,16-21,23-24H2,1H3,(H,37,40). The normalized spacial score (nSPS) is 16.2. The van der Waals surface area contributed by atoms with Gasteiger partial charge in [-0.05, 0) is 61.8 Å². The van der Waals surface area contributed by atoms with Crippen molar-refractivity contribution in [1.82, 2.24) is 19.5 Å². The molecule has 11 heteroatoms. The van der Waals surface area contributed by atoms with E-state index in [1.54, 1.807) is 17.9 Å². The minimum absolute atomic E-state index is 0.0534. The molecule has 0 atom stereocenters. The second-order valence-electron chi connectivity index (χ2n) is 12.0. The number of nitrogens with one attached hydrogen (secondary N) is 1. The van der Waals surface area contributed by atoms with Crippen LogP contribution in [0.3, 0.4) is 0 Å². The number of hydrogen-bond donors (Lipinski definition) is 1. The zero-order valence-corrected chi connectivity index (χ0v) is 26.5. The molecule has 2 aromatic heterocycles. The van der Waals surface area contributed by atoms with E-state index in [-0.39, 0.29) is 24.5 Å². The number of para-hydroxylation sites is 1. The fraction of sp³-hybridized carbons (Fsp3) is 0.441. The van der Waals surface area contributed by atoms with Gasteiger partial charge in [-0.3, -0.25) is 4.79 Å². The summed E-state index contributed by atoms with van der Waals surface area (Å²) >= 11 is 0. The van der Waals surface area contributed by atoms with Gasteiger partial charge in [0, 0.05) is 39.3 Å². The Morgan fingerprint density at radius 2 is 1.71 bits per heavy atom. The number of fused-ring (bicyclic) bond motifs is 1. The van der Waals surface area contributed by atoms with Crippen LogP contribution in [0.1, 0.15) is 66.2 Å². The van der Waals surface area contributed by atoms with Crippen LogP contribution in [0.15, 0.2) is 66.7 Å². The highest BCUT2D eigenvalue weighted by atomic mass is 32.2. The van der Waals surface area contributed by atoms with Gasteiger partial charge in [0.1, 0.15) is 5.69 Å². The summed E-state index contributed by atoms with van der Waals surface area (Å²) in [6, 6.07) is 21.2. The Morgan fingerprint density at radius 3 is 2.38 bits per heavy atom. The highest BCUT2D eigenvalue weighted by Crippen LogP contribution is 2.43. The highest BCUT2D eigenvalue weighted by molar-refractivity contribution is 7.90. The van der Waals surface area contributed by atoms with Crippen LogP contribution in [0.2, 0.25) is 0 Å². The fourth-order valence-electron chi connectivity index (χ4n) is 6.14. The van der Waals surface area contributed by atoms with Crippen molar-refractivity contribution in [3.8, 4) is 5.69 Å². The number of pyridine rings is 1. The summed E-state index contributed by atoms with van der Waals surface area (Å²) in [4.78, 5) is 20.6. The van der Waals surface area contributed by atoms with Crippen LogP contribution in [-0.4, -0.2) is 68.3 Å². The van der Waals surface area contributed by atoms with Crippen molar-refractivity contribution in [2.75, 3.05) is 44.1 Å². The number of anilines is 1. The lowest BCUT2D eigenvalue weighted by molar-refractivity contribution is 0.0976. The summed E-state index contributed by atoms with van der Waals surface area (Å²) in [7, 11) is -2.18. The number of carbonyl (C=O) groups is 1. The Labute approximate surface area is 264 Å². The predicted molar refractivity (Wildman–Crippen MR) is 174 cm³/mol. The molecule has 45 heavy (non-hydrogen) atoms. The maximum absolute atomic E-state index is 13.6. The number of rotatable bonds is 13. The first-order valence-corrected chi connectivity index (χ1v) is 17.5. The van der Waals surface area contributed by atoms with E-state index in [0.29, 0.717) is 24.1 Å². The molecule has 0 unspecified atom stereocenters. The number of carbonyl (C=O) groups excluding carboxylic acids is 1. The molecule has 1 aliphatic carbocycles. The molecule has 0 radical (unpaired) electrons. The Morgan fingerprint density at radius 1 is 1.00 bits per heavy atom. The van der Waals surface area contributed by atoms with Crippen LogP contribution >= 0.6 is 0 Å². The molecule has 6 rings (SSSR count). The number of benzene rings is 2. The number of amides is 1. The monoisotopic (exact) mass is 631 g/mol. The minimum Gasteiger partial charge on any atom is -0.384 e. The molecule has 0 spiro atoms. The van der Waals surface area contributed by atoms with Gasteiger partial charge < -0.3 is 14.4 Å². The average Bonchev–Trinajstić information content (AvgIpc) is 3.40. The summed E-state index contributed by atoms with van der Waals surface area (Å²) in [5.41, 5.74) is 4.36. The number of nitrogens with zero attached hydrogens (tertiary/aromatic N) is 4. The SMILES string of the molecule is COCC1CCN(c2cc(C(=O)NS(=O)(=O)CCCOCc3ccccc3)nc3c2c(C2CCC2)nn3-c2ccccc2)CC1. The second-order valence-corrected chi connectivity index (χ2v) is 13.9. The lowest BCUT2D eigenvalue weighted by Crippen LogP contribution is -2.36. The maximum Gasteiger partial charge on any atom is 0.283 e. The van der Waals surface area contributed by atoms with E-state index in [1.807, 2.05) is 60.7 Å². The lowest BCUT2D eigenvalue weighted by Gasteiger charge is -2.34. The lowest BCUT2D eigenvalue weighted by atomic mass is 9.82. The predicted octanol–water partition coefficient (Wildman–Crippen LogP) is 5.22. The second kappa shape index (κ2) is 14.1. The van der Waals surface area contributed by atoms with E-state index in [2.05, 4.69) is 9.62 Å². The van der Waals surface area contributed by atoms with Crippen molar-refractivity contribution in [3.63, 3.8) is 0 Å². The smallest absolute Gasteiger partial charge is 0.283 e. The zero-order chi connectivity index (χ0) is 31.2. The molecule has 1 saturated carbocycles. The van der Waals surface area contributed by atoms with E-state index >= 15 is 0 Å². The molecule has 2 aliphatic rings. The molecule has 4 aromatic rings. The van der Waals surface area contributed by atoms with Crippen molar-refractivity contribution >= 4 is 32.7 Å². The summed E-state index contributed by atoms with van der Waals surface area (Å²) in [5.74, 6) is -0.174. The van der Waals surface area contributed by atoms with Crippen molar-refractivity contribution in [1.29, 1.82) is 0 Å². The molecule has 1 amide bonds. The minimum atomic E-state index is -3.91. The molecule has 0 bridgehead atoms. The Hall–Kier alpha value is -3.80. The largest absolute Gasteiger partial charge is 0.384 e. The van der Waals surface area contributed by atoms with Gasteiger partial charge in [-0.2, -0.15) is 5.10 Å². The third-order valence-corrected chi connectivity index (χ3v) is 10.1. The van der Waals surface area contributed by atoms with Gasteiger partial charge in [0.25, 0.3) is 5.91 Å². The molecule has 1 aliphatic heterocycles. The number of sulfonamides is 1. The first-order valence-electron chi connectivity index (χ1n) is 15.8. The molecule has 1 saturated heterocycles. The van der Waals surface area contributed by atoms with Gasteiger partial charge in [-0.25, -0.2) is 22.8 Å². The first-order chi connectivity index (χ1) is 21.9. The molecule has 10 nitrogen and oxygen atoms in total. The summed E-state index contributed by atoms with van der Waals surface area (Å²) < 4.78 is 41.1. The third kappa shape index (κ3) is 7.37. The molecular formula is C34H41N5O5S. The van der Waals surface area contributed by atoms with Gasteiger partial charge in [-0.15, -0.1) is 0 Å². The van der Waals surface area contributed by atoms with E-state index in [9.17, 15) is 13.2 Å². The molecule has 238 valence electrons. The van der Waals surface area contributed by atoms with E-state index in [1.165, 1.54) is 0 Å². The van der Waals surface area contributed by atoms with Gasteiger partial charge in [0.05, 0.1) is 34.8 Å². The first kappa shape index (κ1) is 31.2. The zero-order valence-electron chi connectivity index (χ0n) is 25.7. The van der Waals surface area contributed by atoms with Crippen molar-refractivity contribution in [2.45, 2.75) is 51.0 Å². The summed E-state index contributed by atoms with van der Waals surface area (Å²) in [5, 5.41) is 6.03. The van der Waals surface area contributed by atoms with Crippen molar-refractivity contribution < 1.29 is 22.7 Å². The van der Waals surface area contributed by atoms with Gasteiger partial charge >= 0.3 is 0 Å². The van der Waals surface area contributed by atoms with E-state index in [0.717, 1.165) is 79.8 Å². The Kier molecular flexibility index (Phi) is 9.77. The van der Waals surface area contributed by atoms with Crippen molar-refractivity contribution in [2.24, 2.45) is 5.92 Å². The fourth-order valence-corrected chi connectivity index (χ4v) is 7.13. The highest BCUT2D eigenvalue weighted by Gasteiger charge is 2.32. The summed E-state index contributed by atoms with van der Waals surface area (Å²) in [6.07, 6.45) is 5.47. The van der Waals surface area contributed by atoms with Crippen LogP contribution in [-0.2, 0) is 26.1 Å². The Balaban J connectivity index is 1.27. The number of methoxy groups -OCH3 is 1. The van der Waals surface area contributed by atoms with Crippen LogP contribution in [0, 0.1) is 5.92 Å². The van der Waals surface area contributed by atoms with Crippen LogP contribution in [0.5, 0.6) is 0 Å². The average molecular weight is 632 g/mol. The third-order valence-electron chi connectivity index (χ3n) is 8.79. The number of aromatic nitrogens is 3. The molecular weight excluding hydrogens is 590 g/mol. The number of piperidine rings is 1.